The van der Waals surface area contributed by atoms with Gasteiger partial charge in [0.25, 0.3) is 5.69 Å². The molecular formula is C16H12N4O2. The number of allylic oxidation sites excluding steroid dienone is 1. The van der Waals surface area contributed by atoms with Gasteiger partial charge in [0, 0.05) is 29.2 Å². The summed E-state index contributed by atoms with van der Waals surface area (Å²) in [6, 6.07) is 11.8. The van der Waals surface area contributed by atoms with Crippen LogP contribution in [0.25, 0.3) is 11.8 Å². The van der Waals surface area contributed by atoms with E-state index in [4.69, 9.17) is 10.5 Å². The minimum absolute atomic E-state index is 0.0302. The molecule has 0 aliphatic heterocycles. The van der Waals surface area contributed by atoms with Crippen molar-refractivity contribution in [3.05, 3.63) is 63.0 Å². The van der Waals surface area contributed by atoms with E-state index >= 15 is 0 Å². The Balaban J connectivity index is 2.52. The SMILES string of the molecule is Cc1cc(C=C(C#N)C#N)c(C)n1-c1ccc([N+](=O)[O-])cc1. The molecule has 1 aromatic heterocycles. The lowest BCUT2D eigenvalue weighted by Gasteiger charge is -2.09. The summed E-state index contributed by atoms with van der Waals surface area (Å²) in [5.41, 5.74) is 3.39. The summed E-state index contributed by atoms with van der Waals surface area (Å²) in [5.74, 6) is 0. The molecule has 0 unspecified atom stereocenters. The van der Waals surface area contributed by atoms with Gasteiger partial charge in [0.05, 0.1) is 4.92 Å². The predicted octanol–water partition coefficient (Wildman–Crippen LogP) is 3.43. The Hall–Kier alpha value is -3.38. The van der Waals surface area contributed by atoms with Gasteiger partial charge in [-0.25, -0.2) is 0 Å². The molecule has 6 heteroatoms. The molecule has 0 N–H and O–H groups in total. The molecule has 6 nitrogen and oxygen atoms in total. The van der Waals surface area contributed by atoms with Crippen molar-refractivity contribution < 1.29 is 4.92 Å². The molecule has 2 aromatic rings. The number of non-ortho nitro benzene ring substituents is 1. The number of benzene rings is 1. The summed E-state index contributed by atoms with van der Waals surface area (Å²) < 4.78 is 1.92. The zero-order valence-corrected chi connectivity index (χ0v) is 12.1. The fraction of sp³-hybridized carbons (Fsp3) is 0.125. The molecule has 108 valence electrons. The standard InChI is InChI=1S/C16H12N4O2/c1-11-7-14(8-13(9-17)10-18)12(2)19(11)15-3-5-16(6-4-15)20(21)22/h3-8H,1-2H3. The topological polar surface area (TPSA) is 95.7 Å². The molecule has 1 heterocycles. The molecule has 22 heavy (non-hydrogen) atoms. The van der Waals surface area contributed by atoms with Gasteiger partial charge in [-0.1, -0.05) is 0 Å². The number of nitrogens with zero attached hydrogens (tertiary/aromatic N) is 4. The highest BCUT2D eigenvalue weighted by Crippen LogP contribution is 2.24. The van der Waals surface area contributed by atoms with Crippen LogP contribution in [0, 0.1) is 46.6 Å². The summed E-state index contributed by atoms with van der Waals surface area (Å²) in [6.07, 6.45) is 1.53. The summed E-state index contributed by atoms with van der Waals surface area (Å²) in [5, 5.41) is 28.4. The fourth-order valence-electron chi connectivity index (χ4n) is 2.30. The highest BCUT2D eigenvalue weighted by atomic mass is 16.6. The van der Waals surface area contributed by atoms with Gasteiger partial charge in [-0.3, -0.25) is 10.1 Å². The molecule has 0 saturated heterocycles. The summed E-state index contributed by atoms with van der Waals surface area (Å²) in [6.45, 7) is 3.76. The van der Waals surface area contributed by atoms with Crippen molar-refractivity contribution in [3.8, 4) is 17.8 Å². The van der Waals surface area contributed by atoms with Gasteiger partial charge in [0.1, 0.15) is 17.7 Å². The van der Waals surface area contributed by atoms with E-state index in [1.54, 1.807) is 12.1 Å². The smallest absolute Gasteiger partial charge is 0.269 e. The van der Waals surface area contributed by atoms with Gasteiger partial charge in [0.2, 0.25) is 0 Å². The molecule has 0 aliphatic carbocycles. The number of nitriles is 2. The van der Waals surface area contributed by atoms with E-state index in [9.17, 15) is 10.1 Å². The Morgan fingerprint density at radius 3 is 2.32 bits per heavy atom. The third kappa shape index (κ3) is 2.72. The van der Waals surface area contributed by atoms with Crippen molar-refractivity contribution in [2.45, 2.75) is 13.8 Å². The van der Waals surface area contributed by atoms with Crippen molar-refractivity contribution in [3.63, 3.8) is 0 Å². The van der Waals surface area contributed by atoms with Crippen molar-refractivity contribution in [1.29, 1.82) is 10.5 Å². The van der Waals surface area contributed by atoms with E-state index < -0.39 is 4.92 Å². The molecule has 0 aliphatic rings. The second-order valence-corrected chi connectivity index (χ2v) is 4.72. The minimum atomic E-state index is -0.445. The number of hydrogen-bond donors (Lipinski definition) is 0. The number of nitro groups is 1. The number of aryl methyl sites for hydroxylation is 1. The second-order valence-electron chi connectivity index (χ2n) is 4.72. The Morgan fingerprint density at radius 2 is 1.82 bits per heavy atom. The van der Waals surface area contributed by atoms with Gasteiger partial charge in [-0.05, 0) is 43.7 Å². The minimum Gasteiger partial charge on any atom is -0.318 e. The van der Waals surface area contributed by atoms with E-state index in [1.165, 1.54) is 18.2 Å². The number of nitro benzene ring substituents is 1. The van der Waals surface area contributed by atoms with Gasteiger partial charge in [-0.15, -0.1) is 0 Å². The van der Waals surface area contributed by atoms with Crippen molar-refractivity contribution in [2.24, 2.45) is 0 Å². The van der Waals surface area contributed by atoms with E-state index in [-0.39, 0.29) is 11.3 Å². The molecule has 0 amide bonds. The van der Waals surface area contributed by atoms with Crippen LogP contribution in [0.2, 0.25) is 0 Å². The van der Waals surface area contributed by atoms with Crippen LogP contribution in [0.4, 0.5) is 5.69 Å². The van der Waals surface area contributed by atoms with Crippen LogP contribution in [0.1, 0.15) is 17.0 Å². The molecule has 2 rings (SSSR count). The van der Waals surface area contributed by atoms with Gasteiger partial charge >= 0.3 is 0 Å². The quantitative estimate of drug-likeness (QED) is 0.491. The van der Waals surface area contributed by atoms with E-state index in [0.29, 0.717) is 0 Å². The maximum atomic E-state index is 10.7. The van der Waals surface area contributed by atoms with Crippen LogP contribution in [0.5, 0.6) is 0 Å². The number of hydrogen-bond acceptors (Lipinski definition) is 4. The Labute approximate surface area is 127 Å². The van der Waals surface area contributed by atoms with Crippen LogP contribution < -0.4 is 0 Å². The summed E-state index contributed by atoms with van der Waals surface area (Å²) >= 11 is 0. The first-order chi connectivity index (χ1) is 10.5. The second kappa shape index (κ2) is 5.94. The first-order valence-corrected chi connectivity index (χ1v) is 6.43. The Bertz CT molecular complexity index is 830. The number of rotatable bonds is 3. The largest absolute Gasteiger partial charge is 0.318 e. The molecule has 0 radical (unpaired) electrons. The van der Waals surface area contributed by atoms with Gasteiger partial charge in [-0.2, -0.15) is 10.5 Å². The highest BCUT2D eigenvalue weighted by molar-refractivity contribution is 5.65. The third-order valence-electron chi connectivity index (χ3n) is 3.33. The van der Waals surface area contributed by atoms with Gasteiger partial charge < -0.3 is 4.57 Å². The zero-order valence-electron chi connectivity index (χ0n) is 12.1. The fourth-order valence-corrected chi connectivity index (χ4v) is 2.30. The highest BCUT2D eigenvalue weighted by Gasteiger charge is 2.11. The van der Waals surface area contributed by atoms with Crippen LogP contribution >= 0.6 is 0 Å². The van der Waals surface area contributed by atoms with Crippen LogP contribution in [-0.2, 0) is 0 Å². The van der Waals surface area contributed by atoms with E-state index in [2.05, 4.69) is 0 Å². The molecule has 0 bridgehead atoms. The summed E-state index contributed by atoms with van der Waals surface area (Å²) in [7, 11) is 0. The van der Waals surface area contributed by atoms with Crippen molar-refractivity contribution >= 4 is 11.8 Å². The normalized spacial score (nSPS) is 9.64. The molecule has 0 atom stereocenters. The number of aromatic nitrogens is 1. The molecule has 0 spiro atoms. The lowest BCUT2D eigenvalue weighted by atomic mass is 10.1. The van der Waals surface area contributed by atoms with Crippen LogP contribution in [0.3, 0.4) is 0 Å². The lowest BCUT2D eigenvalue weighted by molar-refractivity contribution is -0.384. The molecular weight excluding hydrogens is 280 g/mol. The molecule has 1 aromatic carbocycles. The maximum absolute atomic E-state index is 10.7. The average Bonchev–Trinajstić information content (AvgIpc) is 2.79. The zero-order chi connectivity index (χ0) is 16.3. The monoisotopic (exact) mass is 292 g/mol. The molecule has 0 fully saturated rings. The predicted molar refractivity (Wildman–Crippen MR) is 81.1 cm³/mol. The molecule has 0 saturated carbocycles. The van der Waals surface area contributed by atoms with Gasteiger partial charge in [0.15, 0.2) is 0 Å². The third-order valence-corrected chi connectivity index (χ3v) is 3.33. The van der Waals surface area contributed by atoms with E-state index in [0.717, 1.165) is 22.6 Å². The average molecular weight is 292 g/mol. The first kappa shape index (κ1) is 15.0. The van der Waals surface area contributed by atoms with Crippen LogP contribution in [0.15, 0.2) is 35.9 Å². The maximum Gasteiger partial charge on any atom is 0.269 e. The lowest BCUT2D eigenvalue weighted by Crippen LogP contribution is -1.99. The summed E-state index contributed by atoms with van der Waals surface area (Å²) in [4.78, 5) is 10.3. The van der Waals surface area contributed by atoms with Crippen LogP contribution in [-0.4, -0.2) is 9.49 Å². The van der Waals surface area contributed by atoms with Crippen molar-refractivity contribution in [1.82, 2.24) is 4.57 Å². The van der Waals surface area contributed by atoms with Crippen molar-refractivity contribution in [2.75, 3.05) is 0 Å². The first-order valence-electron chi connectivity index (χ1n) is 6.43. The van der Waals surface area contributed by atoms with E-state index in [1.807, 2.05) is 36.6 Å². The Kier molecular flexibility index (Phi) is 4.06. The Morgan fingerprint density at radius 1 is 1.23 bits per heavy atom.